The maximum atomic E-state index is 12.6. The molecule has 0 atom stereocenters. The summed E-state index contributed by atoms with van der Waals surface area (Å²) >= 11 is 0. The summed E-state index contributed by atoms with van der Waals surface area (Å²) in [7, 11) is 0. The van der Waals surface area contributed by atoms with Gasteiger partial charge in [0.25, 0.3) is 0 Å². The Morgan fingerprint density at radius 2 is 1.70 bits per heavy atom. The van der Waals surface area contributed by atoms with Gasteiger partial charge in [-0.15, -0.1) is 12.4 Å². The summed E-state index contributed by atoms with van der Waals surface area (Å²) in [6.07, 6.45) is 1.05. The van der Waals surface area contributed by atoms with Gasteiger partial charge in [0, 0.05) is 18.7 Å². The number of hydrogen-bond donors (Lipinski definition) is 0. The zero-order valence-corrected chi connectivity index (χ0v) is 13.5. The molecule has 0 saturated carbocycles. The van der Waals surface area contributed by atoms with Crippen molar-refractivity contribution in [2.24, 2.45) is 4.99 Å². The van der Waals surface area contributed by atoms with Crippen molar-refractivity contribution < 1.29 is 4.79 Å². The van der Waals surface area contributed by atoms with E-state index in [0.29, 0.717) is 6.54 Å². The van der Waals surface area contributed by atoms with E-state index < -0.39 is 0 Å². The molecule has 5 heteroatoms. The third kappa shape index (κ3) is 2.70. The molecule has 0 radical (unpaired) electrons. The monoisotopic (exact) mass is 327 g/mol. The van der Waals surface area contributed by atoms with Gasteiger partial charge >= 0.3 is 0 Å². The number of rotatable bonds is 3. The number of aliphatic imine (C=N–C) groups is 1. The number of hydrogen-bond acceptors (Lipinski definition) is 4. The molecule has 0 saturated heterocycles. The summed E-state index contributed by atoms with van der Waals surface area (Å²) in [5, 5.41) is 0. The second-order valence-electron chi connectivity index (χ2n) is 5.55. The Kier molecular flexibility index (Phi) is 4.35. The molecule has 0 amide bonds. The maximum Gasteiger partial charge on any atom is 0.206 e. The summed E-state index contributed by atoms with van der Waals surface area (Å²) in [5.41, 5.74) is 2.98. The van der Waals surface area contributed by atoms with Crippen LogP contribution in [-0.2, 0) is 0 Å². The highest BCUT2D eigenvalue weighted by Crippen LogP contribution is 2.38. The number of para-hydroxylation sites is 2. The lowest BCUT2D eigenvalue weighted by Gasteiger charge is -2.26. The molecule has 4 nitrogen and oxygen atoms in total. The topological polar surface area (TPSA) is 35.9 Å². The van der Waals surface area contributed by atoms with Crippen LogP contribution < -0.4 is 9.80 Å². The Hall–Kier alpha value is -2.33. The van der Waals surface area contributed by atoms with Crippen LogP contribution in [0.5, 0.6) is 0 Å². The second-order valence-corrected chi connectivity index (χ2v) is 5.55. The molecule has 4 rings (SSSR count). The van der Waals surface area contributed by atoms with Gasteiger partial charge in [0.05, 0.1) is 17.9 Å². The van der Waals surface area contributed by atoms with Crippen LogP contribution in [-0.4, -0.2) is 31.4 Å². The number of fused-ring (bicyclic) bond motifs is 3. The van der Waals surface area contributed by atoms with Gasteiger partial charge in [-0.25, -0.2) is 0 Å². The van der Waals surface area contributed by atoms with Crippen LogP contribution in [0.1, 0.15) is 16.8 Å². The van der Waals surface area contributed by atoms with Crippen molar-refractivity contribution >= 4 is 35.5 Å². The number of carbonyl (C=O) groups excluding carboxylic acids is 1. The third-order valence-corrected chi connectivity index (χ3v) is 4.14. The van der Waals surface area contributed by atoms with Gasteiger partial charge in [-0.1, -0.05) is 42.5 Å². The van der Waals surface area contributed by atoms with E-state index in [4.69, 9.17) is 0 Å². The van der Waals surface area contributed by atoms with Crippen LogP contribution in [0, 0.1) is 0 Å². The predicted molar refractivity (Wildman–Crippen MR) is 96.1 cm³/mol. The van der Waals surface area contributed by atoms with Crippen LogP contribution in [0.25, 0.3) is 0 Å². The largest absolute Gasteiger partial charge is 0.310 e. The summed E-state index contributed by atoms with van der Waals surface area (Å²) in [6.45, 7) is 2.12. The van der Waals surface area contributed by atoms with Gasteiger partial charge in [-0.2, -0.15) is 0 Å². The average molecular weight is 328 g/mol. The molecule has 2 aliphatic rings. The van der Waals surface area contributed by atoms with E-state index in [1.54, 1.807) is 0 Å². The first-order valence-corrected chi connectivity index (χ1v) is 7.61. The highest BCUT2D eigenvalue weighted by atomic mass is 35.5. The van der Waals surface area contributed by atoms with Gasteiger partial charge in [0.15, 0.2) is 5.78 Å². The van der Waals surface area contributed by atoms with Crippen molar-refractivity contribution in [3.05, 3.63) is 60.2 Å². The summed E-state index contributed by atoms with van der Waals surface area (Å²) in [5.74, 6) is 1.03. The Morgan fingerprint density at radius 1 is 1.00 bits per heavy atom. The van der Waals surface area contributed by atoms with Crippen LogP contribution >= 0.6 is 12.4 Å². The number of benzene rings is 2. The van der Waals surface area contributed by atoms with Crippen molar-refractivity contribution in [3.63, 3.8) is 0 Å². The number of nitrogens with zero attached hydrogens (tertiary/aromatic N) is 3. The van der Waals surface area contributed by atoms with Gasteiger partial charge < -0.3 is 9.80 Å². The predicted octanol–water partition coefficient (Wildman–Crippen LogP) is 3.38. The first-order chi connectivity index (χ1) is 10.8. The molecule has 23 heavy (non-hydrogen) atoms. The Labute approximate surface area is 141 Å². The number of carbonyl (C=O) groups is 1. The van der Waals surface area contributed by atoms with E-state index in [2.05, 4.69) is 22.0 Å². The molecule has 118 valence electrons. The standard InChI is InChI=1S/C18H17N3O.ClH/c22-17(14-7-2-1-3-8-14)13-21-16-10-5-4-9-15(16)20-12-6-11-19-18(20)21;/h1-5,7-10H,6,11-13H2;1H. The van der Waals surface area contributed by atoms with Gasteiger partial charge in [0.2, 0.25) is 5.96 Å². The minimum absolute atomic E-state index is 0. The molecule has 0 unspecified atom stereocenters. The van der Waals surface area contributed by atoms with Crippen LogP contribution in [0.3, 0.4) is 0 Å². The van der Waals surface area contributed by atoms with E-state index in [-0.39, 0.29) is 18.2 Å². The van der Waals surface area contributed by atoms with E-state index in [1.807, 2.05) is 47.4 Å². The molecule has 0 aromatic heterocycles. The van der Waals surface area contributed by atoms with Crippen molar-refractivity contribution in [1.82, 2.24) is 0 Å². The summed E-state index contributed by atoms with van der Waals surface area (Å²) in [6, 6.07) is 17.7. The Balaban J connectivity index is 0.00000156. The van der Waals surface area contributed by atoms with E-state index >= 15 is 0 Å². The number of anilines is 2. The van der Waals surface area contributed by atoms with Crippen LogP contribution in [0.2, 0.25) is 0 Å². The number of guanidine groups is 1. The zero-order valence-electron chi connectivity index (χ0n) is 12.7. The number of Topliss-reactive ketones (excluding diaryl/α,β-unsaturated/α-hetero) is 1. The fraction of sp³-hybridized carbons (Fsp3) is 0.222. The molecule has 0 spiro atoms. The zero-order chi connectivity index (χ0) is 14.9. The molecule has 2 aliphatic heterocycles. The van der Waals surface area contributed by atoms with Gasteiger partial charge in [0.1, 0.15) is 0 Å². The molecule has 2 heterocycles. The minimum Gasteiger partial charge on any atom is -0.310 e. The van der Waals surface area contributed by atoms with E-state index in [1.165, 1.54) is 0 Å². The van der Waals surface area contributed by atoms with Crippen LogP contribution in [0.4, 0.5) is 11.4 Å². The quantitative estimate of drug-likeness (QED) is 0.811. The molecule has 0 N–H and O–H groups in total. The SMILES string of the molecule is Cl.O=C(CN1C2=NCCCN2c2ccccc21)c1ccccc1. The molecule has 2 aromatic carbocycles. The maximum absolute atomic E-state index is 12.6. The van der Waals surface area contributed by atoms with Crippen molar-refractivity contribution in [2.45, 2.75) is 6.42 Å². The van der Waals surface area contributed by atoms with Gasteiger partial charge in [-0.3, -0.25) is 9.79 Å². The third-order valence-electron chi connectivity index (χ3n) is 4.14. The van der Waals surface area contributed by atoms with Crippen LogP contribution in [0.15, 0.2) is 59.6 Å². The fourth-order valence-corrected chi connectivity index (χ4v) is 3.10. The first-order valence-electron chi connectivity index (χ1n) is 7.61. The average Bonchev–Trinajstić information content (AvgIpc) is 2.90. The highest BCUT2D eigenvalue weighted by molar-refractivity contribution is 6.19. The van der Waals surface area contributed by atoms with E-state index in [9.17, 15) is 4.79 Å². The first kappa shape index (κ1) is 15.6. The Bertz CT molecular complexity index is 745. The lowest BCUT2D eigenvalue weighted by atomic mass is 10.1. The highest BCUT2D eigenvalue weighted by Gasteiger charge is 2.34. The van der Waals surface area contributed by atoms with Crippen molar-refractivity contribution in [1.29, 1.82) is 0 Å². The molecule has 2 aromatic rings. The second kappa shape index (κ2) is 6.42. The lowest BCUT2D eigenvalue weighted by Crippen LogP contribution is -2.43. The lowest BCUT2D eigenvalue weighted by molar-refractivity contribution is 0.100. The summed E-state index contributed by atoms with van der Waals surface area (Å²) in [4.78, 5) is 21.5. The number of halogens is 1. The molecule has 0 bridgehead atoms. The fourth-order valence-electron chi connectivity index (χ4n) is 3.10. The van der Waals surface area contributed by atoms with Crippen molar-refractivity contribution in [2.75, 3.05) is 29.4 Å². The molecular weight excluding hydrogens is 310 g/mol. The molecule has 0 fully saturated rings. The van der Waals surface area contributed by atoms with Crippen molar-refractivity contribution in [3.8, 4) is 0 Å². The molecular formula is C18H18ClN3O. The minimum atomic E-state index is 0. The number of ketones is 1. The van der Waals surface area contributed by atoms with E-state index in [0.717, 1.165) is 42.4 Å². The smallest absolute Gasteiger partial charge is 0.206 e. The summed E-state index contributed by atoms with van der Waals surface area (Å²) < 4.78 is 0. The normalized spacial score (nSPS) is 15.4. The molecule has 0 aliphatic carbocycles. The Morgan fingerprint density at radius 3 is 2.48 bits per heavy atom. The van der Waals surface area contributed by atoms with Gasteiger partial charge in [-0.05, 0) is 18.6 Å².